The Hall–Kier alpha value is -1.97. The fourth-order valence-corrected chi connectivity index (χ4v) is 1.44. The number of hydrogen-bond acceptors (Lipinski definition) is 5. The Labute approximate surface area is 112 Å². The summed E-state index contributed by atoms with van der Waals surface area (Å²) in [5.74, 6) is -0.269. The maximum absolute atomic E-state index is 11.7. The molecule has 1 aromatic rings. The third kappa shape index (κ3) is 5.04. The first-order valence-corrected chi connectivity index (χ1v) is 6.03. The molecular weight excluding hydrogens is 246 g/mol. The number of aromatic nitrogens is 1. The van der Waals surface area contributed by atoms with Crippen molar-refractivity contribution in [3.05, 3.63) is 29.1 Å². The van der Waals surface area contributed by atoms with Crippen LogP contribution in [0.1, 0.15) is 28.2 Å². The number of aryl methyl sites for hydroxylation is 1. The van der Waals surface area contributed by atoms with Crippen molar-refractivity contribution in [1.82, 2.24) is 10.3 Å². The van der Waals surface area contributed by atoms with Gasteiger partial charge in [-0.25, -0.2) is 4.98 Å². The first kappa shape index (κ1) is 15.1. The molecule has 0 aliphatic heterocycles. The molecule has 1 rings (SSSR count). The number of rotatable bonds is 7. The Balaban J connectivity index is 2.38. The summed E-state index contributed by atoms with van der Waals surface area (Å²) in [7, 11) is 0. The normalized spacial score (nSPS) is 9.95. The van der Waals surface area contributed by atoms with E-state index in [9.17, 15) is 4.79 Å². The molecule has 102 valence electrons. The summed E-state index contributed by atoms with van der Waals surface area (Å²) in [6, 6.07) is 5.12. The van der Waals surface area contributed by atoms with Crippen LogP contribution in [0.5, 0.6) is 0 Å². The van der Waals surface area contributed by atoms with Gasteiger partial charge in [0.25, 0.3) is 5.91 Å². The molecule has 6 heteroatoms. The Morgan fingerprint density at radius 2 is 2.32 bits per heavy atom. The first-order chi connectivity index (χ1) is 9.19. The SMILES string of the molecule is Cc1nc(C(=O)NCCCOCCO)ccc1C#N. The molecule has 0 unspecified atom stereocenters. The molecule has 1 amide bonds. The van der Waals surface area contributed by atoms with Gasteiger partial charge in [-0.05, 0) is 25.5 Å². The van der Waals surface area contributed by atoms with E-state index in [1.54, 1.807) is 13.0 Å². The van der Waals surface area contributed by atoms with Gasteiger partial charge in [0.1, 0.15) is 11.8 Å². The predicted molar refractivity (Wildman–Crippen MR) is 68.5 cm³/mol. The van der Waals surface area contributed by atoms with Crippen molar-refractivity contribution >= 4 is 5.91 Å². The molecule has 0 saturated heterocycles. The first-order valence-electron chi connectivity index (χ1n) is 6.03. The van der Waals surface area contributed by atoms with Gasteiger partial charge >= 0.3 is 0 Å². The lowest BCUT2D eigenvalue weighted by atomic mass is 10.2. The number of hydrogen-bond donors (Lipinski definition) is 2. The highest BCUT2D eigenvalue weighted by molar-refractivity contribution is 5.92. The van der Waals surface area contributed by atoms with E-state index in [4.69, 9.17) is 15.1 Å². The average molecular weight is 263 g/mol. The highest BCUT2D eigenvalue weighted by atomic mass is 16.5. The molecule has 0 radical (unpaired) electrons. The minimum Gasteiger partial charge on any atom is -0.394 e. The van der Waals surface area contributed by atoms with E-state index in [1.165, 1.54) is 6.07 Å². The minimum absolute atomic E-state index is 0.000791. The Kier molecular flexibility index (Phi) is 6.50. The number of nitrogens with one attached hydrogen (secondary N) is 1. The maximum Gasteiger partial charge on any atom is 0.269 e. The van der Waals surface area contributed by atoms with Crippen LogP contribution >= 0.6 is 0 Å². The number of aliphatic hydroxyl groups excluding tert-OH is 1. The molecule has 0 aromatic carbocycles. The van der Waals surface area contributed by atoms with Crippen LogP contribution in [0.25, 0.3) is 0 Å². The van der Waals surface area contributed by atoms with Crippen LogP contribution in [-0.2, 0) is 4.74 Å². The zero-order valence-electron chi connectivity index (χ0n) is 10.8. The van der Waals surface area contributed by atoms with E-state index in [0.29, 0.717) is 43.1 Å². The molecule has 2 N–H and O–H groups in total. The van der Waals surface area contributed by atoms with Gasteiger partial charge in [-0.2, -0.15) is 5.26 Å². The quantitative estimate of drug-likeness (QED) is 0.694. The highest BCUT2D eigenvalue weighted by Gasteiger charge is 2.08. The third-order valence-corrected chi connectivity index (χ3v) is 2.43. The van der Waals surface area contributed by atoms with E-state index in [1.807, 2.05) is 6.07 Å². The van der Waals surface area contributed by atoms with E-state index in [0.717, 1.165) is 0 Å². The van der Waals surface area contributed by atoms with Crippen LogP contribution in [0.3, 0.4) is 0 Å². The van der Waals surface area contributed by atoms with Crippen molar-refractivity contribution in [1.29, 1.82) is 5.26 Å². The second-order valence-electron chi connectivity index (χ2n) is 3.89. The number of nitriles is 1. The number of pyridine rings is 1. The van der Waals surface area contributed by atoms with Crippen LogP contribution in [0.4, 0.5) is 0 Å². The summed E-state index contributed by atoms with van der Waals surface area (Å²) in [5.41, 5.74) is 1.31. The largest absolute Gasteiger partial charge is 0.394 e. The summed E-state index contributed by atoms with van der Waals surface area (Å²) >= 11 is 0. The van der Waals surface area contributed by atoms with Gasteiger partial charge < -0.3 is 15.2 Å². The Bertz CT molecular complexity index is 469. The van der Waals surface area contributed by atoms with Crippen LogP contribution in [0.2, 0.25) is 0 Å². The lowest BCUT2D eigenvalue weighted by Gasteiger charge is -2.06. The van der Waals surface area contributed by atoms with Crippen molar-refractivity contribution < 1.29 is 14.6 Å². The molecule has 1 aromatic heterocycles. The standard InChI is InChI=1S/C13H17N3O3/c1-10-11(9-14)3-4-12(16-10)13(18)15-5-2-7-19-8-6-17/h3-4,17H,2,5-8H2,1H3,(H,15,18). The van der Waals surface area contributed by atoms with Crippen molar-refractivity contribution in [2.24, 2.45) is 0 Å². The Morgan fingerprint density at radius 1 is 1.53 bits per heavy atom. The lowest BCUT2D eigenvalue weighted by molar-refractivity contribution is 0.0865. The van der Waals surface area contributed by atoms with Crippen LogP contribution in [0.15, 0.2) is 12.1 Å². The van der Waals surface area contributed by atoms with Crippen molar-refractivity contribution in [3.63, 3.8) is 0 Å². The number of amides is 1. The summed E-state index contributed by atoms with van der Waals surface area (Å²) in [4.78, 5) is 15.8. The van der Waals surface area contributed by atoms with Gasteiger partial charge in [0.05, 0.1) is 24.5 Å². The molecule has 1 heterocycles. The van der Waals surface area contributed by atoms with Crippen molar-refractivity contribution in [3.8, 4) is 6.07 Å². The fourth-order valence-electron chi connectivity index (χ4n) is 1.44. The summed E-state index contributed by atoms with van der Waals surface area (Å²) in [6.45, 7) is 2.97. The maximum atomic E-state index is 11.7. The van der Waals surface area contributed by atoms with Crippen LogP contribution in [0, 0.1) is 18.3 Å². The topological polar surface area (TPSA) is 95.2 Å². The molecule has 6 nitrogen and oxygen atoms in total. The zero-order valence-corrected chi connectivity index (χ0v) is 10.8. The molecule has 0 fully saturated rings. The predicted octanol–water partition coefficient (Wildman–Crippen LogP) is 0.390. The highest BCUT2D eigenvalue weighted by Crippen LogP contribution is 2.05. The van der Waals surface area contributed by atoms with Crippen molar-refractivity contribution in [2.45, 2.75) is 13.3 Å². The number of nitrogens with zero attached hydrogens (tertiary/aromatic N) is 2. The van der Waals surface area contributed by atoms with Crippen LogP contribution in [-0.4, -0.2) is 42.4 Å². The number of carbonyl (C=O) groups is 1. The number of carbonyl (C=O) groups excluding carboxylic acids is 1. The summed E-state index contributed by atoms with van der Waals surface area (Å²) in [6.07, 6.45) is 0.668. The fraction of sp³-hybridized carbons (Fsp3) is 0.462. The monoisotopic (exact) mass is 263 g/mol. The lowest BCUT2D eigenvalue weighted by Crippen LogP contribution is -2.26. The van der Waals surface area contributed by atoms with Gasteiger partial charge in [-0.15, -0.1) is 0 Å². The second-order valence-corrected chi connectivity index (χ2v) is 3.89. The summed E-state index contributed by atoms with van der Waals surface area (Å²) in [5, 5.41) is 20.0. The van der Waals surface area contributed by atoms with Crippen LogP contribution < -0.4 is 5.32 Å². The van der Waals surface area contributed by atoms with E-state index in [2.05, 4.69) is 10.3 Å². The zero-order chi connectivity index (χ0) is 14.1. The molecule has 0 aliphatic carbocycles. The van der Waals surface area contributed by atoms with E-state index < -0.39 is 0 Å². The Morgan fingerprint density at radius 3 is 2.95 bits per heavy atom. The van der Waals surface area contributed by atoms with Gasteiger partial charge in [-0.1, -0.05) is 0 Å². The number of ether oxygens (including phenoxy) is 1. The average Bonchev–Trinajstić information content (AvgIpc) is 2.42. The summed E-state index contributed by atoms with van der Waals surface area (Å²) < 4.78 is 5.07. The van der Waals surface area contributed by atoms with Crippen molar-refractivity contribution in [2.75, 3.05) is 26.4 Å². The molecule has 19 heavy (non-hydrogen) atoms. The minimum atomic E-state index is -0.269. The van der Waals surface area contributed by atoms with E-state index >= 15 is 0 Å². The number of aliphatic hydroxyl groups is 1. The van der Waals surface area contributed by atoms with Gasteiger partial charge in [0.15, 0.2) is 0 Å². The molecule has 0 atom stereocenters. The molecule has 0 bridgehead atoms. The van der Waals surface area contributed by atoms with Gasteiger partial charge in [-0.3, -0.25) is 4.79 Å². The molecule has 0 saturated carbocycles. The van der Waals surface area contributed by atoms with Gasteiger partial charge in [0.2, 0.25) is 0 Å². The molecule has 0 spiro atoms. The van der Waals surface area contributed by atoms with Gasteiger partial charge in [0, 0.05) is 13.2 Å². The smallest absolute Gasteiger partial charge is 0.269 e. The molecule has 0 aliphatic rings. The second kappa shape index (κ2) is 8.19. The molecular formula is C13H17N3O3. The van der Waals surface area contributed by atoms with E-state index in [-0.39, 0.29) is 12.5 Å². The third-order valence-electron chi connectivity index (χ3n) is 2.43.